The third-order valence-corrected chi connectivity index (χ3v) is 2.88. The van der Waals surface area contributed by atoms with Gasteiger partial charge in [-0.3, -0.25) is 0 Å². The number of para-hydroxylation sites is 1. The first kappa shape index (κ1) is 10.0. The number of imidazole rings is 2. The standard InChI is InChI=1S/C12H13N5/c1-17-7-14-6-10(17)12-15-9-4-2-3-8(5-13)11(9)16-12/h2-4,6-7H,5,13H2,1H3,(H,15,16). The van der Waals surface area contributed by atoms with Gasteiger partial charge < -0.3 is 15.3 Å². The van der Waals surface area contributed by atoms with E-state index in [9.17, 15) is 0 Å². The minimum Gasteiger partial charge on any atom is -0.337 e. The van der Waals surface area contributed by atoms with Crippen molar-refractivity contribution in [1.82, 2.24) is 19.5 Å². The van der Waals surface area contributed by atoms with Crippen LogP contribution in [0.25, 0.3) is 22.6 Å². The van der Waals surface area contributed by atoms with Gasteiger partial charge in [0.1, 0.15) is 5.69 Å². The molecule has 0 spiro atoms. The molecule has 0 aliphatic rings. The van der Waals surface area contributed by atoms with E-state index in [2.05, 4.69) is 15.0 Å². The Labute approximate surface area is 98.3 Å². The summed E-state index contributed by atoms with van der Waals surface area (Å²) in [5.41, 5.74) is 9.65. The molecule has 0 saturated heterocycles. The van der Waals surface area contributed by atoms with Crippen molar-refractivity contribution >= 4 is 11.0 Å². The third kappa shape index (κ3) is 1.52. The summed E-state index contributed by atoms with van der Waals surface area (Å²) >= 11 is 0. The van der Waals surface area contributed by atoms with Crippen molar-refractivity contribution in [2.24, 2.45) is 12.8 Å². The molecule has 0 aliphatic carbocycles. The van der Waals surface area contributed by atoms with Crippen LogP contribution in [0, 0.1) is 0 Å². The normalized spacial score (nSPS) is 11.2. The van der Waals surface area contributed by atoms with Gasteiger partial charge in [0.25, 0.3) is 0 Å². The average Bonchev–Trinajstić information content (AvgIpc) is 2.93. The van der Waals surface area contributed by atoms with Gasteiger partial charge in [-0.05, 0) is 11.6 Å². The number of H-pyrrole nitrogens is 1. The fourth-order valence-corrected chi connectivity index (χ4v) is 1.96. The molecular weight excluding hydrogens is 214 g/mol. The van der Waals surface area contributed by atoms with Gasteiger partial charge in [0.15, 0.2) is 5.82 Å². The SMILES string of the molecule is Cn1cncc1-c1nc2c(CN)cccc2[nH]1. The maximum absolute atomic E-state index is 5.70. The molecule has 1 aromatic carbocycles. The molecule has 86 valence electrons. The number of hydrogen-bond donors (Lipinski definition) is 2. The maximum Gasteiger partial charge on any atom is 0.156 e. The molecule has 2 heterocycles. The minimum absolute atomic E-state index is 0.493. The highest BCUT2D eigenvalue weighted by molar-refractivity contribution is 5.81. The van der Waals surface area contributed by atoms with E-state index in [0.717, 1.165) is 28.1 Å². The zero-order chi connectivity index (χ0) is 11.8. The number of fused-ring (bicyclic) bond motifs is 1. The van der Waals surface area contributed by atoms with Gasteiger partial charge in [-0.25, -0.2) is 9.97 Å². The van der Waals surface area contributed by atoms with Gasteiger partial charge in [-0.1, -0.05) is 12.1 Å². The zero-order valence-corrected chi connectivity index (χ0v) is 9.51. The molecule has 0 radical (unpaired) electrons. The monoisotopic (exact) mass is 227 g/mol. The molecule has 17 heavy (non-hydrogen) atoms. The highest BCUT2D eigenvalue weighted by Crippen LogP contribution is 2.21. The van der Waals surface area contributed by atoms with Crippen LogP contribution < -0.4 is 5.73 Å². The summed E-state index contributed by atoms with van der Waals surface area (Å²) in [7, 11) is 1.94. The molecule has 2 aromatic heterocycles. The smallest absolute Gasteiger partial charge is 0.156 e. The second-order valence-corrected chi connectivity index (χ2v) is 3.99. The summed E-state index contributed by atoms with van der Waals surface area (Å²) in [6, 6.07) is 5.98. The van der Waals surface area contributed by atoms with E-state index in [4.69, 9.17) is 5.73 Å². The van der Waals surface area contributed by atoms with Crippen LogP contribution in [0.5, 0.6) is 0 Å². The zero-order valence-electron chi connectivity index (χ0n) is 9.51. The van der Waals surface area contributed by atoms with Gasteiger partial charge >= 0.3 is 0 Å². The Hall–Kier alpha value is -2.14. The van der Waals surface area contributed by atoms with Gasteiger partial charge in [-0.2, -0.15) is 0 Å². The molecule has 0 aliphatic heterocycles. The lowest BCUT2D eigenvalue weighted by Crippen LogP contribution is -1.96. The van der Waals surface area contributed by atoms with Gasteiger partial charge in [0.05, 0.1) is 23.6 Å². The number of nitrogens with two attached hydrogens (primary N) is 1. The number of aromatic nitrogens is 4. The van der Waals surface area contributed by atoms with Crippen molar-refractivity contribution < 1.29 is 0 Å². The molecule has 3 aromatic rings. The highest BCUT2D eigenvalue weighted by Gasteiger charge is 2.10. The van der Waals surface area contributed by atoms with E-state index in [-0.39, 0.29) is 0 Å². The molecule has 3 rings (SSSR count). The quantitative estimate of drug-likeness (QED) is 0.695. The summed E-state index contributed by atoms with van der Waals surface area (Å²) in [6.07, 6.45) is 3.55. The molecule has 0 amide bonds. The highest BCUT2D eigenvalue weighted by atomic mass is 15.1. The topological polar surface area (TPSA) is 72.5 Å². The van der Waals surface area contributed by atoms with E-state index < -0.39 is 0 Å². The van der Waals surface area contributed by atoms with E-state index in [1.54, 1.807) is 12.5 Å². The first-order chi connectivity index (χ1) is 8.29. The fourth-order valence-electron chi connectivity index (χ4n) is 1.96. The van der Waals surface area contributed by atoms with Gasteiger partial charge in [0.2, 0.25) is 0 Å². The van der Waals surface area contributed by atoms with Crippen molar-refractivity contribution in [2.75, 3.05) is 0 Å². The second-order valence-electron chi connectivity index (χ2n) is 3.99. The van der Waals surface area contributed by atoms with Crippen molar-refractivity contribution in [3.63, 3.8) is 0 Å². The lowest BCUT2D eigenvalue weighted by atomic mass is 10.2. The van der Waals surface area contributed by atoms with Crippen molar-refractivity contribution in [1.29, 1.82) is 0 Å². The predicted octanol–water partition coefficient (Wildman–Crippen LogP) is 1.42. The second kappa shape index (κ2) is 3.71. The minimum atomic E-state index is 0.493. The number of aromatic amines is 1. The van der Waals surface area contributed by atoms with Crippen LogP contribution in [0.2, 0.25) is 0 Å². The summed E-state index contributed by atoms with van der Waals surface area (Å²) in [5.74, 6) is 0.820. The number of rotatable bonds is 2. The summed E-state index contributed by atoms with van der Waals surface area (Å²) < 4.78 is 1.93. The number of nitrogens with one attached hydrogen (secondary N) is 1. The van der Waals surface area contributed by atoms with Crippen LogP contribution in [0.15, 0.2) is 30.7 Å². The molecule has 0 bridgehead atoms. The molecule has 5 nitrogen and oxygen atoms in total. The Morgan fingerprint density at radius 2 is 2.29 bits per heavy atom. The first-order valence-electron chi connectivity index (χ1n) is 5.44. The lowest BCUT2D eigenvalue weighted by Gasteiger charge is -1.96. The maximum atomic E-state index is 5.70. The molecule has 0 unspecified atom stereocenters. The van der Waals surface area contributed by atoms with Crippen LogP contribution >= 0.6 is 0 Å². The van der Waals surface area contributed by atoms with E-state index in [0.29, 0.717) is 6.54 Å². The van der Waals surface area contributed by atoms with Gasteiger partial charge in [0, 0.05) is 13.6 Å². The van der Waals surface area contributed by atoms with E-state index in [1.807, 2.05) is 29.8 Å². The molecule has 0 fully saturated rings. The summed E-state index contributed by atoms with van der Waals surface area (Å²) in [6.45, 7) is 0.493. The van der Waals surface area contributed by atoms with Crippen molar-refractivity contribution in [2.45, 2.75) is 6.54 Å². The van der Waals surface area contributed by atoms with Gasteiger partial charge in [-0.15, -0.1) is 0 Å². The molecule has 0 atom stereocenters. The lowest BCUT2D eigenvalue weighted by molar-refractivity contribution is 0.913. The summed E-state index contributed by atoms with van der Waals surface area (Å²) in [4.78, 5) is 12.0. The Bertz CT molecular complexity index is 664. The Balaban J connectivity index is 2.24. The Morgan fingerprint density at radius 3 is 3.00 bits per heavy atom. The number of benzene rings is 1. The van der Waals surface area contributed by atoms with Crippen LogP contribution in [-0.4, -0.2) is 19.5 Å². The number of aryl methyl sites for hydroxylation is 1. The summed E-state index contributed by atoms with van der Waals surface area (Å²) in [5, 5.41) is 0. The van der Waals surface area contributed by atoms with Crippen LogP contribution in [0.1, 0.15) is 5.56 Å². The van der Waals surface area contributed by atoms with Crippen LogP contribution in [-0.2, 0) is 13.6 Å². The van der Waals surface area contributed by atoms with E-state index >= 15 is 0 Å². The average molecular weight is 227 g/mol. The molecule has 5 heteroatoms. The van der Waals surface area contributed by atoms with Crippen LogP contribution in [0.3, 0.4) is 0 Å². The number of nitrogens with zero attached hydrogens (tertiary/aromatic N) is 3. The Morgan fingerprint density at radius 1 is 1.41 bits per heavy atom. The Kier molecular flexibility index (Phi) is 2.19. The van der Waals surface area contributed by atoms with E-state index in [1.165, 1.54) is 0 Å². The third-order valence-electron chi connectivity index (χ3n) is 2.88. The van der Waals surface area contributed by atoms with Crippen molar-refractivity contribution in [3.8, 4) is 11.5 Å². The van der Waals surface area contributed by atoms with Crippen molar-refractivity contribution in [3.05, 3.63) is 36.3 Å². The largest absolute Gasteiger partial charge is 0.337 e. The molecule has 3 N–H and O–H groups in total. The predicted molar refractivity (Wildman–Crippen MR) is 66.2 cm³/mol. The first-order valence-corrected chi connectivity index (χ1v) is 5.44. The molecule has 0 saturated carbocycles. The number of hydrogen-bond acceptors (Lipinski definition) is 3. The fraction of sp³-hybridized carbons (Fsp3) is 0.167. The molecular formula is C12H13N5. The van der Waals surface area contributed by atoms with Crippen LogP contribution in [0.4, 0.5) is 0 Å².